The molecule has 1 saturated carbocycles. The third-order valence-corrected chi connectivity index (χ3v) is 5.34. The van der Waals surface area contributed by atoms with Gasteiger partial charge in [-0.05, 0) is 64.3 Å². The van der Waals surface area contributed by atoms with Crippen LogP contribution < -0.4 is 0 Å². The van der Waals surface area contributed by atoms with Gasteiger partial charge in [0.1, 0.15) is 0 Å². The molecule has 4 heteroatoms. The van der Waals surface area contributed by atoms with Crippen LogP contribution in [0.4, 0.5) is 0 Å². The van der Waals surface area contributed by atoms with Crippen molar-refractivity contribution in [3.8, 4) is 0 Å². The van der Waals surface area contributed by atoms with E-state index < -0.39 is 0 Å². The molecule has 1 aliphatic carbocycles. The standard InChI is InChI=1S/C17H25N3O/c1-13-4-5-14(12-18-13)16(21)20-8-6-17(7-9-20)10-15(11-17)19(2)3/h4-5,12,15H,6-11H2,1-3H3. The molecule has 3 rings (SSSR count). The summed E-state index contributed by atoms with van der Waals surface area (Å²) in [6.07, 6.45) is 6.61. The van der Waals surface area contributed by atoms with E-state index in [2.05, 4.69) is 24.0 Å². The van der Waals surface area contributed by atoms with Crippen LogP contribution in [0.1, 0.15) is 41.7 Å². The monoisotopic (exact) mass is 287 g/mol. The second kappa shape index (κ2) is 5.41. The van der Waals surface area contributed by atoms with Crippen molar-refractivity contribution >= 4 is 5.91 Å². The fourth-order valence-corrected chi connectivity index (χ4v) is 3.67. The lowest BCUT2D eigenvalue weighted by Crippen LogP contribution is -2.54. The van der Waals surface area contributed by atoms with Crippen LogP contribution in [-0.4, -0.2) is 53.9 Å². The van der Waals surface area contributed by atoms with Crippen LogP contribution in [0.5, 0.6) is 0 Å². The van der Waals surface area contributed by atoms with Crippen molar-refractivity contribution in [3.63, 3.8) is 0 Å². The van der Waals surface area contributed by atoms with Gasteiger partial charge in [-0.2, -0.15) is 0 Å². The molecule has 1 aliphatic heterocycles. The van der Waals surface area contributed by atoms with E-state index in [-0.39, 0.29) is 5.91 Å². The van der Waals surface area contributed by atoms with Gasteiger partial charge in [0.15, 0.2) is 0 Å². The van der Waals surface area contributed by atoms with E-state index in [0.717, 1.165) is 43.2 Å². The molecule has 0 unspecified atom stereocenters. The topological polar surface area (TPSA) is 36.4 Å². The Morgan fingerprint density at radius 1 is 1.29 bits per heavy atom. The molecule has 21 heavy (non-hydrogen) atoms. The minimum absolute atomic E-state index is 0.140. The van der Waals surface area contributed by atoms with Gasteiger partial charge < -0.3 is 9.80 Å². The van der Waals surface area contributed by atoms with Crippen molar-refractivity contribution < 1.29 is 4.79 Å². The lowest BCUT2D eigenvalue weighted by Gasteiger charge is -2.54. The molecular formula is C17H25N3O. The van der Waals surface area contributed by atoms with Gasteiger partial charge in [-0.3, -0.25) is 9.78 Å². The van der Waals surface area contributed by atoms with Crippen LogP contribution in [0, 0.1) is 12.3 Å². The number of piperidine rings is 1. The van der Waals surface area contributed by atoms with Crippen molar-refractivity contribution in [1.82, 2.24) is 14.8 Å². The summed E-state index contributed by atoms with van der Waals surface area (Å²) in [5.41, 5.74) is 2.18. The molecule has 0 radical (unpaired) electrons. The van der Waals surface area contributed by atoms with Crippen LogP contribution >= 0.6 is 0 Å². The molecule has 1 spiro atoms. The SMILES string of the molecule is Cc1ccc(C(=O)N2CCC3(CC2)CC(N(C)C)C3)cn1. The zero-order chi connectivity index (χ0) is 15.0. The van der Waals surface area contributed by atoms with Crippen molar-refractivity contribution in [2.45, 2.75) is 38.6 Å². The normalized spacial score (nSPS) is 21.6. The maximum atomic E-state index is 12.5. The van der Waals surface area contributed by atoms with Gasteiger partial charge in [0.2, 0.25) is 0 Å². The third-order valence-electron chi connectivity index (χ3n) is 5.34. The smallest absolute Gasteiger partial charge is 0.255 e. The number of carbonyl (C=O) groups is 1. The molecule has 2 aliphatic rings. The van der Waals surface area contributed by atoms with E-state index in [9.17, 15) is 4.79 Å². The summed E-state index contributed by atoms with van der Waals surface area (Å²) < 4.78 is 0. The number of likely N-dealkylation sites (tertiary alicyclic amines) is 1. The molecule has 0 atom stereocenters. The largest absolute Gasteiger partial charge is 0.339 e. The lowest BCUT2D eigenvalue weighted by molar-refractivity contribution is -0.0231. The van der Waals surface area contributed by atoms with Crippen LogP contribution in [0.25, 0.3) is 0 Å². The Morgan fingerprint density at radius 3 is 2.48 bits per heavy atom. The number of amides is 1. The van der Waals surface area contributed by atoms with Crippen molar-refractivity contribution in [2.24, 2.45) is 5.41 Å². The van der Waals surface area contributed by atoms with Gasteiger partial charge in [0.25, 0.3) is 5.91 Å². The predicted octanol–water partition coefficient (Wildman–Crippen LogP) is 2.34. The minimum Gasteiger partial charge on any atom is -0.339 e. The van der Waals surface area contributed by atoms with E-state index in [1.807, 2.05) is 24.0 Å². The van der Waals surface area contributed by atoms with E-state index in [1.165, 1.54) is 12.8 Å². The molecule has 1 saturated heterocycles. The molecule has 1 aromatic rings. The molecule has 1 aromatic heterocycles. The number of carbonyl (C=O) groups excluding carboxylic acids is 1. The second-order valence-electron chi connectivity index (χ2n) is 7.01. The van der Waals surface area contributed by atoms with Crippen LogP contribution in [0.2, 0.25) is 0 Å². The zero-order valence-corrected chi connectivity index (χ0v) is 13.3. The first kappa shape index (κ1) is 14.5. The molecule has 2 heterocycles. The van der Waals surface area contributed by atoms with Gasteiger partial charge in [-0.25, -0.2) is 0 Å². The Labute approximate surface area is 127 Å². The summed E-state index contributed by atoms with van der Waals surface area (Å²) in [5, 5.41) is 0. The molecule has 2 fully saturated rings. The van der Waals surface area contributed by atoms with Gasteiger partial charge in [0, 0.05) is 31.0 Å². The van der Waals surface area contributed by atoms with E-state index in [4.69, 9.17) is 0 Å². The second-order valence-corrected chi connectivity index (χ2v) is 7.01. The fourth-order valence-electron chi connectivity index (χ4n) is 3.67. The highest BCUT2D eigenvalue weighted by atomic mass is 16.2. The van der Waals surface area contributed by atoms with Gasteiger partial charge in [0.05, 0.1) is 5.56 Å². The molecule has 4 nitrogen and oxygen atoms in total. The van der Waals surface area contributed by atoms with E-state index in [1.54, 1.807) is 6.20 Å². The minimum atomic E-state index is 0.140. The Balaban J connectivity index is 1.57. The van der Waals surface area contributed by atoms with Gasteiger partial charge >= 0.3 is 0 Å². The number of aryl methyl sites for hydroxylation is 1. The number of rotatable bonds is 2. The average molecular weight is 287 g/mol. The van der Waals surface area contributed by atoms with Crippen molar-refractivity contribution in [2.75, 3.05) is 27.2 Å². The number of nitrogens with zero attached hydrogens (tertiary/aromatic N) is 3. The highest BCUT2D eigenvalue weighted by Gasteiger charge is 2.46. The van der Waals surface area contributed by atoms with Crippen molar-refractivity contribution in [1.29, 1.82) is 0 Å². The lowest BCUT2D eigenvalue weighted by atomic mass is 9.60. The first-order valence-electron chi connectivity index (χ1n) is 7.87. The van der Waals surface area contributed by atoms with Crippen LogP contribution in [0.15, 0.2) is 18.3 Å². The molecule has 0 aromatic carbocycles. The summed E-state index contributed by atoms with van der Waals surface area (Å²) in [6.45, 7) is 3.73. The summed E-state index contributed by atoms with van der Waals surface area (Å²) in [5.74, 6) is 0.140. The maximum Gasteiger partial charge on any atom is 0.255 e. The number of aromatic nitrogens is 1. The fraction of sp³-hybridized carbons (Fsp3) is 0.647. The molecule has 0 bridgehead atoms. The first-order valence-corrected chi connectivity index (χ1v) is 7.87. The number of hydrogen-bond acceptors (Lipinski definition) is 3. The Kier molecular flexibility index (Phi) is 3.74. The predicted molar refractivity (Wildman–Crippen MR) is 83.3 cm³/mol. The molecule has 0 N–H and O–H groups in total. The molecule has 1 amide bonds. The summed E-state index contributed by atoms with van der Waals surface area (Å²) >= 11 is 0. The van der Waals surface area contributed by atoms with Crippen LogP contribution in [-0.2, 0) is 0 Å². The third kappa shape index (κ3) is 2.82. The zero-order valence-electron chi connectivity index (χ0n) is 13.3. The van der Waals surface area contributed by atoms with Gasteiger partial charge in [-0.15, -0.1) is 0 Å². The van der Waals surface area contributed by atoms with Crippen molar-refractivity contribution in [3.05, 3.63) is 29.6 Å². The molecular weight excluding hydrogens is 262 g/mol. The first-order chi connectivity index (χ1) is 9.99. The highest BCUT2D eigenvalue weighted by Crippen LogP contribution is 2.50. The van der Waals surface area contributed by atoms with E-state index in [0.29, 0.717) is 5.41 Å². The average Bonchev–Trinajstić information content (AvgIpc) is 2.45. The quantitative estimate of drug-likeness (QED) is 0.837. The maximum absolute atomic E-state index is 12.5. The number of hydrogen-bond donors (Lipinski definition) is 0. The summed E-state index contributed by atoms with van der Waals surface area (Å²) in [6, 6.07) is 4.54. The van der Waals surface area contributed by atoms with Gasteiger partial charge in [-0.1, -0.05) is 0 Å². The highest BCUT2D eigenvalue weighted by molar-refractivity contribution is 5.94. The summed E-state index contributed by atoms with van der Waals surface area (Å²) in [7, 11) is 4.33. The van der Waals surface area contributed by atoms with E-state index >= 15 is 0 Å². The molecule has 114 valence electrons. The number of pyridine rings is 1. The summed E-state index contributed by atoms with van der Waals surface area (Å²) in [4.78, 5) is 21.0. The Hall–Kier alpha value is -1.42. The Bertz CT molecular complexity index is 507. The van der Waals surface area contributed by atoms with Crippen LogP contribution in [0.3, 0.4) is 0 Å². The Morgan fingerprint density at radius 2 is 1.95 bits per heavy atom.